The Bertz CT molecular complexity index is 1320. The summed E-state index contributed by atoms with van der Waals surface area (Å²) in [6.07, 6.45) is 3.84. The largest absolute Gasteiger partial charge is 0.369 e. The van der Waals surface area contributed by atoms with Crippen LogP contribution in [0.1, 0.15) is 52.0 Å². The lowest BCUT2D eigenvalue weighted by Crippen LogP contribution is -2.49. The maximum atomic E-state index is 13.4. The molecule has 2 aliphatic rings. The van der Waals surface area contributed by atoms with Crippen LogP contribution in [0.25, 0.3) is 0 Å². The second kappa shape index (κ2) is 12.6. The molecule has 9 heteroatoms. The molecule has 2 unspecified atom stereocenters. The number of nitrogens with two attached hydrogens (primary N) is 1. The van der Waals surface area contributed by atoms with E-state index in [-0.39, 0.29) is 29.7 Å². The Kier molecular flexibility index (Phi) is 8.72. The first-order valence-corrected chi connectivity index (χ1v) is 13.8. The van der Waals surface area contributed by atoms with Gasteiger partial charge in [-0.3, -0.25) is 14.5 Å². The highest BCUT2D eigenvalue weighted by Gasteiger charge is 2.25. The number of benzene rings is 3. The van der Waals surface area contributed by atoms with Gasteiger partial charge < -0.3 is 21.3 Å². The van der Waals surface area contributed by atoms with Crippen molar-refractivity contribution < 1.29 is 18.4 Å². The predicted octanol–water partition coefficient (Wildman–Crippen LogP) is 4.54. The summed E-state index contributed by atoms with van der Waals surface area (Å²) in [7, 11) is 0. The van der Waals surface area contributed by atoms with Gasteiger partial charge in [0, 0.05) is 67.3 Å². The molecule has 0 radical (unpaired) electrons. The molecule has 3 aromatic carbocycles. The van der Waals surface area contributed by atoms with Crippen molar-refractivity contribution in [1.29, 1.82) is 0 Å². The van der Waals surface area contributed by atoms with E-state index in [0.29, 0.717) is 23.4 Å². The van der Waals surface area contributed by atoms with E-state index in [2.05, 4.69) is 20.4 Å². The highest BCUT2D eigenvalue weighted by Crippen LogP contribution is 2.24. The Morgan fingerprint density at radius 3 is 2.10 bits per heavy atom. The van der Waals surface area contributed by atoms with Gasteiger partial charge in [0.2, 0.25) is 0 Å². The minimum absolute atomic E-state index is 0.0665. The fraction of sp³-hybridized carbons (Fsp3) is 0.355. The zero-order valence-electron chi connectivity index (χ0n) is 22.4. The number of carbonyl (C=O) groups is 2. The van der Waals surface area contributed by atoms with Crippen LogP contribution in [0.15, 0.2) is 66.7 Å². The molecule has 2 amide bonds. The Morgan fingerprint density at radius 1 is 0.800 bits per heavy atom. The Balaban J connectivity index is 1.31. The molecule has 210 valence electrons. The van der Waals surface area contributed by atoms with Crippen molar-refractivity contribution in [2.24, 2.45) is 5.73 Å². The van der Waals surface area contributed by atoms with E-state index in [4.69, 9.17) is 5.73 Å². The number of carbonyl (C=O) groups excluding carboxylic acids is 2. The van der Waals surface area contributed by atoms with Crippen LogP contribution in [-0.4, -0.2) is 55.0 Å². The SMILES string of the molecule is NC1CCCCC1NC(=O)c1ccc(CN2CCN(c3ccc(F)cc3)CC2)c(NC(=O)c2ccc(F)cc2)c1. The summed E-state index contributed by atoms with van der Waals surface area (Å²) in [6, 6.07) is 17.1. The quantitative estimate of drug-likeness (QED) is 0.404. The fourth-order valence-electron chi connectivity index (χ4n) is 5.42. The van der Waals surface area contributed by atoms with Gasteiger partial charge in [0.15, 0.2) is 0 Å². The van der Waals surface area contributed by atoms with Gasteiger partial charge >= 0.3 is 0 Å². The number of hydrogen-bond acceptors (Lipinski definition) is 5. The lowest BCUT2D eigenvalue weighted by Gasteiger charge is -2.36. The zero-order chi connectivity index (χ0) is 28.1. The number of nitrogens with zero attached hydrogens (tertiary/aromatic N) is 2. The first kappa shape index (κ1) is 27.7. The Morgan fingerprint density at radius 2 is 1.43 bits per heavy atom. The molecule has 1 aliphatic heterocycles. The van der Waals surface area contributed by atoms with E-state index in [1.54, 1.807) is 24.3 Å². The number of nitrogens with one attached hydrogen (secondary N) is 2. The number of rotatable bonds is 7. The molecule has 2 atom stereocenters. The van der Waals surface area contributed by atoms with Crippen LogP contribution < -0.4 is 21.3 Å². The van der Waals surface area contributed by atoms with E-state index in [1.165, 1.54) is 36.4 Å². The van der Waals surface area contributed by atoms with Crippen molar-refractivity contribution in [3.05, 3.63) is 95.1 Å². The molecule has 1 saturated carbocycles. The molecule has 1 aliphatic carbocycles. The smallest absolute Gasteiger partial charge is 0.255 e. The number of piperazine rings is 1. The van der Waals surface area contributed by atoms with E-state index in [9.17, 15) is 18.4 Å². The molecule has 4 N–H and O–H groups in total. The van der Waals surface area contributed by atoms with Crippen molar-refractivity contribution in [2.75, 3.05) is 36.4 Å². The maximum absolute atomic E-state index is 13.4. The molecular formula is C31H35F2N5O2. The van der Waals surface area contributed by atoms with Gasteiger partial charge in [-0.25, -0.2) is 8.78 Å². The molecular weight excluding hydrogens is 512 g/mol. The third-order valence-electron chi connectivity index (χ3n) is 7.82. The molecule has 0 spiro atoms. The third kappa shape index (κ3) is 6.84. The van der Waals surface area contributed by atoms with Crippen LogP contribution in [0.5, 0.6) is 0 Å². The minimum Gasteiger partial charge on any atom is -0.369 e. The van der Waals surface area contributed by atoms with Crippen molar-refractivity contribution >= 4 is 23.2 Å². The molecule has 0 aromatic heterocycles. The maximum Gasteiger partial charge on any atom is 0.255 e. The topological polar surface area (TPSA) is 90.7 Å². The van der Waals surface area contributed by atoms with E-state index >= 15 is 0 Å². The molecule has 0 bridgehead atoms. The number of anilines is 2. The monoisotopic (exact) mass is 547 g/mol. The Hall–Kier alpha value is -3.82. The summed E-state index contributed by atoms with van der Waals surface area (Å²) in [5, 5.41) is 6.02. The second-order valence-corrected chi connectivity index (χ2v) is 10.6. The number of halogens is 2. The summed E-state index contributed by atoms with van der Waals surface area (Å²) < 4.78 is 26.7. The average molecular weight is 548 g/mol. The first-order chi connectivity index (χ1) is 19.4. The van der Waals surface area contributed by atoms with Crippen LogP contribution >= 0.6 is 0 Å². The standard InChI is InChI=1S/C31H35F2N5O2/c32-24-9-7-21(8-10-24)30(39)36-29-19-22(31(40)35-28-4-2-1-3-27(28)34)5-6-23(29)20-37-15-17-38(18-16-37)26-13-11-25(33)12-14-26/h5-14,19,27-28H,1-4,15-18,20,34H2,(H,35,40)(H,36,39). The fourth-order valence-corrected chi connectivity index (χ4v) is 5.42. The van der Waals surface area contributed by atoms with E-state index in [0.717, 1.165) is 63.1 Å². The summed E-state index contributed by atoms with van der Waals surface area (Å²) in [6.45, 7) is 3.71. The molecule has 1 heterocycles. The number of amides is 2. The lowest BCUT2D eigenvalue weighted by molar-refractivity contribution is 0.0920. The van der Waals surface area contributed by atoms with Crippen LogP contribution in [0.2, 0.25) is 0 Å². The van der Waals surface area contributed by atoms with Gasteiger partial charge in [-0.2, -0.15) is 0 Å². The second-order valence-electron chi connectivity index (χ2n) is 10.6. The third-order valence-corrected chi connectivity index (χ3v) is 7.82. The van der Waals surface area contributed by atoms with Crippen molar-refractivity contribution in [1.82, 2.24) is 10.2 Å². The van der Waals surface area contributed by atoms with Crippen molar-refractivity contribution in [3.8, 4) is 0 Å². The average Bonchev–Trinajstić information content (AvgIpc) is 2.96. The van der Waals surface area contributed by atoms with Crippen LogP contribution in [0, 0.1) is 11.6 Å². The van der Waals surface area contributed by atoms with Gasteiger partial charge in [0.05, 0.1) is 0 Å². The first-order valence-electron chi connectivity index (χ1n) is 13.8. The van der Waals surface area contributed by atoms with E-state index < -0.39 is 5.82 Å². The highest BCUT2D eigenvalue weighted by molar-refractivity contribution is 6.05. The van der Waals surface area contributed by atoms with Crippen LogP contribution in [0.3, 0.4) is 0 Å². The summed E-state index contributed by atoms with van der Waals surface area (Å²) >= 11 is 0. The molecule has 5 rings (SSSR count). The molecule has 1 saturated heterocycles. The van der Waals surface area contributed by atoms with Crippen LogP contribution in [0.4, 0.5) is 20.2 Å². The normalized spacial score (nSPS) is 19.7. The summed E-state index contributed by atoms with van der Waals surface area (Å²) in [4.78, 5) is 30.7. The number of hydrogen-bond donors (Lipinski definition) is 3. The van der Waals surface area contributed by atoms with Gasteiger partial charge in [-0.05, 0) is 79.1 Å². The molecule has 2 fully saturated rings. The van der Waals surface area contributed by atoms with Gasteiger partial charge in [0.25, 0.3) is 11.8 Å². The molecule has 7 nitrogen and oxygen atoms in total. The lowest BCUT2D eigenvalue weighted by atomic mass is 9.91. The highest BCUT2D eigenvalue weighted by atomic mass is 19.1. The Labute approximate surface area is 233 Å². The minimum atomic E-state index is -0.420. The van der Waals surface area contributed by atoms with Crippen molar-refractivity contribution in [2.45, 2.75) is 44.3 Å². The van der Waals surface area contributed by atoms with Crippen molar-refractivity contribution in [3.63, 3.8) is 0 Å². The summed E-state index contributed by atoms with van der Waals surface area (Å²) in [5.74, 6) is -1.28. The van der Waals surface area contributed by atoms with Crippen LogP contribution in [-0.2, 0) is 6.54 Å². The molecule has 3 aromatic rings. The van der Waals surface area contributed by atoms with Gasteiger partial charge in [0.1, 0.15) is 11.6 Å². The van der Waals surface area contributed by atoms with E-state index in [1.807, 2.05) is 6.07 Å². The zero-order valence-corrected chi connectivity index (χ0v) is 22.4. The van der Waals surface area contributed by atoms with Gasteiger partial charge in [-0.15, -0.1) is 0 Å². The molecule has 40 heavy (non-hydrogen) atoms. The van der Waals surface area contributed by atoms with Gasteiger partial charge in [-0.1, -0.05) is 18.9 Å². The predicted molar refractivity (Wildman–Crippen MR) is 152 cm³/mol. The summed E-state index contributed by atoms with van der Waals surface area (Å²) in [5.41, 5.74) is 9.40.